The number of aliphatic carboxylic acids is 1. The Balaban J connectivity index is 3.07. The maximum absolute atomic E-state index is 11.4. The summed E-state index contributed by atoms with van der Waals surface area (Å²) in [7, 11) is 0. The molecule has 0 aliphatic heterocycles. The molecule has 0 spiro atoms. The fourth-order valence-corrected chi connectivity index (χ4v) is 2.98. The number of nitrogens with two attached hydrogens (primary N) is 1. The molecule has 0 bridgehead atoms. The van der Waals surface area contributed by atoms with E-state index < -0.39 is 5.97 Å². The highest BCUT2D eigenvalue weighted by Crippen LogP contribution is 2.13. The molecule has 0 radical (unpaired) electrons. The highest BCUT2D eigenvalue weighted by atomic mass is 16.4. The zero-order valence-corrected chi connectivity index (χ0v) is 16.1. The van der Waals surface area contributed by atoms with Crippen molar-refractivity contribution in [3.8, 4) is 0 Å². The topological polar surface area (TPSA) is 92.4 Å². The van der Waals surface area contributed by atoms with Crippen LogP contribution in [0.1, 0.15) is 103 Å². The molecule has 5 nitrogen and oxygen atoms in total. The van der Waals surface area contributed by atoms with Gasteiger partial charge in [-0.25, -0.2) is 0 Å². The molecule has 4 N–H and O–H groups in total. The van der Waals surface area contributed by atoms with E-state index in [4.69, 9.17) is 10.8 Å². The van der Waals surface area contributed by atoms with Crippen LogP contribution in [0.15, 0.2) is 0 Å². The molecule has 0 aromatic rings. The SMILES string of the molecule is NCCNC(=O)CCCCCCCCCCCCCCCCC(=O)O. The smallest absolute Gasteiger partial charge is 0.303 e. The Morgan fingerprint density at radius 3 is 1.36 bits per heavy atom. The van der Waals surface area contributed by atoms with Crippen molar-refractivity contribution in [2.75, 3.05) is 13.1 Å². The van der Waals surface area contributed by atoms with Crippen molar-refractivity contribution in [3.05, 3.63) is 0 Å². The van der Waals surface area contributed by atoms with E-state index in [1.54, 1.807) is 0 Å². The maximum atomic E-state index is 11.4. The Labute approximate surface area is 154 Å². The van der Waals surface area contributed by atoms with Crippen molar-refractivity contribution in [1.82, 2.24) is 5.32 Å². The summed E-state index contributed by atoms with van der Waals surface area (Å²) in [5.41, 5.74) is 5.34. The van der Waals surface area contributed by atoms with Gasteiger partial charge in [-0.15, -0.1) is 0 Å². The minimum absolute atomic E-state index is 0.132. The average Bonchev–Trinajstić information content (AvgIpc) is 2.59. The van der Waals surface area contributed by atoms with Gasteiger partial charge in [-0.2, -0.15) is 0 Å². The second-order valence-corrected chi connectivity index (χ2v) is 6.98. The summed E-state index contributed by atoms with van der Waals surface area (Å²) in [6.45, 7) is 1.10. The molecule has 1 amide bonds. The Bertz CT molecular complexity index is 322. The van der Waals surface area contributed by atoms with Crippen LogP contribution >= 0.6 is 0 Å². The largest absolute Gasteiger partial charge is 0.481 e. The summed E-state index contributed by atoms with van der Waals surface area (Å²) < 4.78 is 0. The summed E-state index contributed by atoms with van der Waals surface area (Å²) >= 11 is 0. The molecule has 25 heavy (non-hydrogen) atoms. The molecule has 0 atom stereocenters. The Morgan fingerprint density at radius 2 is 1.00 bits per heavy atom. The average molecular weight is 357 g/mol. The molecule has 0 aliphatic carbocycles. The number of unbranched alkanes of at least 4 members (excludes halogenated alkanes) is 13. The molecule has 0 fully saturated rings. The van der Waals surface area contributed by atoms with E-state index in [1.807, 2.05) is 0 Å². The molecule has 0 unspecified atom stereocenters. The van der Waals surface area contributed by atoms with E-state index in [9.17, 15) is 9.59 Å². The molecular weight excluding hydrogens is 316 g/mol. The van der Waals surface area contributed by atoms with Gasteiger partial charge in [-0.05, 0) is 12.8 Å². The molecule has 0 aliphatic rings. The van der Waals surface area contributed by atoms with Crippen LogP contribution in [0.2, 0.25) is 0 Å². The second kappa shape index (κ2) is 19.2. The Hall–Kier alpha value is -1.10. The van der Waals surface area contributed by atoms with E-state index in [0.29, 0.717) is 25.9 Å². The van der Waals surface area contributed by atoms with Crippen LogP contribution in [0.25, 0.3) is 0 Å². The molecule has 0 aromatic carbocycles. The fourth-order valence-electron chi connectivity index (χ4n) is 2.98. The monoisotopic (exact) mass is 356 g/mol. The van der Waals surface area contributed by atoms with Crippen molar-refractivity contribution in [1.29, 1.82) is 0 Å². The number of nitrogens with one attached hydrogen (secondary N) is 1. The Morgan fingerprint density at radius 1 is 0.640 bits per heavy atom. The second-order valence-electron chi connectivity index (χ2n) is 6.98. The number of amides is 1. The first-order valence-electron chi connectivity index (χ1n) is 10.4. The molecule has 0 saturated heterocycles. The quantitative estimate of drug-likeness (QED) is 0.299. The van der Waals surface area contributed by atoms with Gasteiger partial charge in [0.15, 0.2) is 0 Å². The molecule has 0 heterocycles. The molecule has 0 aromatic heterocycles. The van der Waals surface area contributed by atoms with Gasteiger partial charge in [0.1, 0.15) is 0 Å². The summed E-state index contributed by atoms with van der Waals surface area (Å²) in [4.78, 5) is 21.7. The normalized spacial score (nSPS) is 10.8. The zero-order chi connectivity index (χ0) is 18.6. The van der Waals surface area contributed by atoms with Gasteiger partial charge in [-0.1, -0.05) is 77.0 Å². The van der Waals surface area contributed by atoms with Gasteiger partial charge in [0.25, 0.3) is 0 Å². The van der Waals surface area contributed by atoms with Crippen LogP contribution in [-0.4, -0.2) is 30.1 Å². The number of carboxylic acid groups (broad SMARTS) is 1. The van der Waals surface area contributed by atoms with Crippen molar-refractivity contribution < 1.29 is 14.7 Å². The summed E-state index contributed by atoms with van der Waals surface area (Å²) in [5, 5.41) is 11.3. The number of hydrogen-bond acceptors (Lipinski definition) is 3. The maximum Gasteiger partial charge on any atom is 0.303 e. The fraction of sp³-hybridized carbons (Fsp3) is 0.900. The first-order valence-corrected chi connectivity index (χ1v) is 10.4. The van der Waals surface area contributed by atoms with Gasteiger partial charge in [0.05, 0.1) is 0 Å². The third-order valence-electron chi connectivity index (χ3n) is 4.51. The van der Waals surface area contributed by atoms with Crippen LogP contribution in [0.3, 0.4) is 0 Å². The van der Waals surface area contributed by atoms with Gasteiger partial charge >= 0.3 is 5.97 Å². The Kier molecular flexibility index (Phi) is 18.4. The minimum Gasteiger partial charge on any atom is -0.481 e. The third kappa shape index (κ3) is 20.9. The van der Waals surface area contributed by atoms with Gasteiger partial charge in [-0.3, -0.25) is 9.59 Å². The lowest BCUT2D eigenvalue weighted by Gasteiger charge is -2.04. The number of hydrogen-bond donors (Lipinski definition) is 3. The lowest BCUT2D eigenvalue weighted by molar-refractivity contribution is -0.137. The predicted octanol–water partition coefficient (Wildman–Crippen LogP) is 4.39. The van der Waals surface area contributed by atoms with E-state index in [-0.39, 0.29) is 5.91 Å². The molecule has 0 rings (SSSR count). The van der Waals surface area contributed by atoms with Crippen LogP contribution in [0, 0.1) is 0 Å². The van der Waals surface area contributed by atoms with Crippen LogP contribution in [0.5, 0.6) is 0 Å². The highest BCUT2D eigenvalue weighted by molar-refractivity contribution is 5.75. The first kappa shape index (κ1) is 23.9. The lowest BCUT2D eigenvalue weighted by Crippen LogP contribution is -2.28. The summed E-state index contributed by atoms with van der Waals surface area (Å²) in [5.74, 6) is -0.541. The lowest BCUT2D eigenvalue weighted by atomic mass is 10.0. The standard InChI is InChI=1S/C20H40N2O3/c21-17-18-22-19(23)15-13-11-9-7-5-3-1-2-4-6-8-10-12-14-16-20(24)25/h1-18,21H2,(H,22,23)(H,24,25). The van der Waals surface area contributed by atoms with Crippen LogP contribution < -0.4 is 11.1 Å². The predicted molar refractivity (Wildman–Crippen MR) is 104 cm³/mol. The zero-order valence-electron chi connectivity index (χ0n) is 16.1. The molecule has 0 saturated carbocycles. The van der Waals surface area contributed by atoms with Gasteiger partial charge in [0.2, 0.25) is 5.91 Å². The molecular formula is C20H40N2O3. The van der Waals surface area contributed by atoms with Crippen LogP contribution in [0.4, 0.5) is 0 Å². The highest BCUT2D eigenvalue weighted by Gasteiger charge is 2.00. The van der Waals surface area contributed by atoms with Crippen LogP contribution in [-0.2, 0) is 9.59 Å². The number of carbonyl (C=O) groups is 2. The molecule has 148 valence electrons. The number of carboxylic acids is 1. The van der Waals surface area contributed by atoms with Gasteiger partial charge < -0.3 is 16.2 Å². The van der Waals surface area contributed by atoms with E-state index >= 15 is 0 Å². The van der Waals surface area contributed by atoms with E-state index in [1.165, 1.54) is 64.2 Å². The third-order valence-corrected chi connectivity index (χ3v) is 4.51. The van der Waals surface area contributed by atoms with Crippen molar-refractivity contribution in [2.24, 2.45) is 5.73 Å². The van der Waals surface area contributed by atoms with Crippen molar-refractivity contribution in [3.63, 3.8) is 0 Å². The van der Waals surface area contributed by atoms with Gasteiger partial charge in [0, 0.05) is 25.9 Å². The van der Waals surface area contributed by atoms with Crippen molar-refractivity contribution in [2.45, 2.75) is 103 Å². The number of rotatable bonds is 19. The van der Waals surface area contributed by atoms with E-state index in [0.717, 1.165) is 25.7 Å². The van der Waals surface area contributed by atoms with E-state index in [2.05, 4.69) is 5.32 Å². The molecule has 5 heteroatoms. The minimum atomic E-state index is -0.673. The summed E-state index contributed by atoms with van der Waals surface area (Å²) in [6.07, 6.45) is 17.8. The number of carbonyl (C=O) groups excluding carboxylic acids is 1. The first-order chi connectivity index (χ1) is 12.2. The van der Waals surface area contributed by atoms with Crippen molar-refractivity contribution >= 4 is 11.9 Å². The summed E-state index contributed by atoms with van der Waals surface area (Å²) in [6, 6.07) is 0.